The van der Waals surface area contributed by atoms with Gasteiger partial charge in [0.05, 0.1) is 0 Å². The lowest BCUT2D eigenvalue weighted by Gasteiger charge is -2.33. The van der Waals surface area contributed by atoms with E-state index in [9.17, 15) is 9.50 Å². The predicted octanol–water partition coefficient (Wildman–Crippen LogP) is 3.45. The molecule has 0 radical (unpaired) electrons. The van der Waals surface area contributed by atoms with Crippen molar-refractivity contribution < 1.29 is 9.50 Å². The molecule has 3 heteroatoms. The number of hydrogen-bond acceptors (Lipinski definition) is 2. The van der Waals surface area contributed by atoms with Gasteiger partial charge in [0.25, 0.3) is 0 Å². The maximum atomic E-state index is 13.1. The van der Waals surface area contributed by atoms with E-state index < -0.39 is 0 Å². The minimum Gasteiger partial charge on any atom is -0.508 e. The van der Waals surface area contributed by atoms with Gasteiger partial charge in [-0.25, -0.2) is 4.39 Å². The smallest absolute Gasteiger partial charge is 0.127 e. The number of phenolic OH excluding ortho intramolecular Hbond substituents is 1. The Bertz CT molecular complexity index is 387. The third-order valence-corrected chi connectivity index (χ3v) is 3.94. The van der Waals surface area contributed by atoms with Gasteiger partial charge in [0.2, 0.25) is 0 Å². The van der Waals surface area contributed by atoms with Crippen LogP contribution >= 0.6 is 0 Å². The molecule has 3 atom stereocenters. The first-order valence-corrected chi connectivity index (χ1v) is 6.76. The molecule has 2 nitrogen and oxygen atoms in total. The molecule has 0 bridgehead atoms. The number of phenols is 1. The number of nitrogens with one attached hydrogen (secondary N) is 1. The second kappa shape index (κ2) is 5.70. The SMILES string of the molecule is CC1CCC(NCc2cc(O)cc(F)c2)C(C)C1. The van der Waals surface area contributed by atoms with Gasteiger partial charge in [-0.05, 0) is 48.8 Å². The van der Waals surface area contributed by atoms with Crippen molar-refractivity contribution in [3.63, 3.8) is 0 Å². The zero-order chi connectivity index (χ0) is 13.1. The van der Waals surface area contributed by atoms with E-state index in [-0.39, 0.29) is 11.6 Å². The van der Waals surface area contributed by atoms with Crippen molar-refractivity contribution >= 4 is 0 Å². The van der Waals surface area contributed by atoms with Crippen LogP contribution in [0.2, 0.25) is 0 Å². The Morgan fingerprint density at radius 3 is 2.72 bits per heavy atom. The highest BCUT2D eigenvalue weighted by Crippen LogP contribution is 2.28. The van der Waals surface area contributed by atoms with E-state index >= 15 is 0 Å². The summed E-state index contributed by atoms with van der Waals surface area (Å²) in [7, 11) is 0. The summed E-state index contributed by atoms with van der Waals surface area (Å²) in [5, 5.41) is 12.8. The van der Waals surface area contributed by atoms with E-state index in [1.165, 1.54) is 25.3 Å². The minimum atomic E-state index is -0.378. The molecule has 0 aromatic heterocycles. The highest BCUT2D eigenvalue weighted by Gasteiger charge is 2.24. The van der Waals surface area contributed by atoms with Crippen LogP contribution in [0.1, 0.15) is 38.7 Å². The maximum absolute atomic E-state index is 13.1. The zero-order valence-corrected chi connectivity index (χ0v) is 11.1. The van der Waals surface area contributed by atoms with Crippen molar-refractivity contribution in [2.24, 2.45) is 11.8 Å². The average Bonchev–Trinajstić information content (AvgIpc) is 2.26. The van der Waals surface area contributed by atoms with Gasteiger partial charge in [0.1, 0.15) is 11.6 Å². The molecule has 0 aliphatic heterocycles. The monoisotopic (exact) mass is 251 g/mol. The molecular weight excluding hydrogens is 229 g/mol. The molecule has 1 fully saturated rings. The van der Waals surface area contributed by atoms with Crippen LogP contribution < -0.4 is 5.32 Å². The first-order valence-electron chi connectivity index (χ1n) is 6.76. The largest absolute Gasteiger partial charge is 0.508 e. The average molecular weight is 251 g/mol. The first kappa shape index (κ1) is 13.3. The molecule has 0 heterocycles. The van der Waals surface area contributed by atoms with E-state index in [0.29, 0.717) is 18.5 Å². The summed E-state index contributed by atoms with van der Waals surface area (Å²) in [6.07, 6.45) is 3.70. The Balaban J connectivity index is 1.91. The number of benzene rings is 1. The van der Waals surface area contributed by atoms with Crippen molar-refractivity contribution in [3.05, 3.63) is 29.6 Å². The van der Waals surface area contributed by atoms with E-state index in [2.05, 4.69) is 19.2 Å². The lowest BCUT2D eigenvalue weighted by atomic mass is 9.80. The van der Waals surface area contributed by atoms with Gasteiger partial charge in [0.15, 0.2) is 0 Å². The van der Waals surface area contributed by atoms with Crippen LogP contribution in [0.4, 0.5) is 4.39 Å². The third-order valence-electron chi connectivity index (χ3n) is 3.94. The van der Waals surface area contributed by atoms with Gasteiger partial charge in [-0.15, -0.1) is 0 Å². The van der Waals surface area contributed by atoms with Crippen LogP contribution in [0, 0.1) is 17.7 Å². The number of hydrogen-bond donors (Lipinski definition) is 2. The topological polar surface area (TPSA) is 32.3 Å². The molecular formula is C15H22FNO. The van der Waals surface area contributed by atoms with E-state index in [0.717, 1.165) is 17.5 Å². The minimum absolute atomic E-state index is 0.00267. The Morgan fingerprint density at radius 1 is 1.28 bits per heavy atom. The Morgan fingerprint density at radius 2 is 2.06 bits per heavy atom. The fourth-order valence-electron chi connectivity index (χ4n) is 2.95. The lowest BCUT2D eigenvalue weighted by Crippen LogP contribution is -2.38. The van der Waals surface area contributed by atoms with Gasteiger partial charge < -0.3 is 10.4 Å². The molecule has 1 aliphatic rings. The van der Waals surface area contributed by atoms with Crippen LogP contribution in [0.15, 0.2) is 18.2 Å². The highest BCUT2D eigenvalue weighted by molar-refractivity contribution is 5.28. The van der Waals surface area contributed by atoms with Crippen LogP contribution in [0.5, 0.6) is 5.75 Å². The molecule has 1 aromatic carbocycles. The number of rotatable bonds is 3. The summed E-state index contributed by atoms with van der Waals surface area (Å²) in [5.74, 6) is 1.10. The molecule has 2 N–H and O–H groups in total. The fourth-order valence-corrected chi connectivity index (χ4v) is 2.95. The highest BCUT2D eigenvalue weighted by atomic mass is 19.1. The van der Waals surface area contributed by atoms with Crippen molar-refractivity contribution in [3.8, 4) is 5.75 Å². The van der Waals surface area contributed by atoms with E-state index in [1.807, 2.05) is 0 Å². The summed E-state index contributed by atoms with van der Waals surface area (Å²) < 4.78 is 13.1. The quantitative estimate of drug-likeness (QED) is 0.862. The summed E-state index contributed by atoms with van der Waals surface area (Å²) in [5.41, 5.74) is 0.804. The van der Waals surface area contributed by atoms with Gasteiger partial charge in [-0.1, -0.05) is 13.8 Å². The first-order chi connectivity index (χ1) is 8.54. The van der Waals surface area contributed by atoms with Gasteiger partial charge in [-0.2, -0.15) is 0 Å². The van der Waals surface area contributed by atoms with Crippen LogP contribution in [0.3, 0.4) is 0 Å². The number of halogens is 1. The lowest BCUT2D eigenvalue weighted by molar-refractivity contribution is 0.227. The summed E-state index contributed by atoms with van der Waals surface area (Å²) in [4.78, 5) is 0. The predicted molar refractivity (Wildman–Crippen MR) is 70.9 cm³/mol. The molecule has 1 aromatic rings. The van der Waals surface area contributed by atoms with Gasteiger partial charge >= 0.3 is 0 Å². The molecule has 2 rings (SSSR count). The standard InChI is InChI=1S/C15H22FNO/c1-10-3-4-15(11(2)5-10)17-9-12-6-13(16)8-14(18)7-12/h6-8,10-11,15,17-18H,3-5,9H2,1-2H3. The molecule has 18 heavy (non-hydrogen) atoms. The van der Waals surface area contributed by atoms with Crippen LogP contribution in [-0.2, 0) is 6.54 Å². The zero-order valence-electron chi connectivity index (χ0n) is 11.1. The van der Waals surface area contributed by atoms with Crippen LogP contribution in [-0.4, -0.2) is 11.1 Å². The van der Waals surface area contributed by atoms with Crippen molar-refractivity contribution in [2.75, 3.05) is 0 Å². The van der Waals surface area contributed by atoms with E-state index in [4.69, 9.17) is 0 Å². The molecule has 0 saturated heterocycles. The third kappa shape index (κ3) is 3.45. The van der Waals surface area contributed by atoms with Crippen molar-refractivity contribution in [2.45, 2.75) is 45.7 Å². The molecule has 0 spiro atoms. The summed E-state index contributed by atoms with van der Waals surface area (Å²) in [6.45, 7) is 5.20. The second-order valence-electron chi connectivity index (χ2n) is 5.70. The summed E-state index contributed by atoms with van der Waals surface area (Å²) in [6, 6.07) is 4.73. The van der Waals surface area contributed by atoms with Crippen LogP contribution in [0.25, 0.3) is 0 Å². The Labute approximate surface area is 108 Å². The van der Waals surface area contributed by atoms with Gasteiger partial charge in [0, 0.05) is 18.7 Å². The molecule has 1 saturated carbocycles. The van der Waals surface area contributed by atoms with E-state index in [1.54, 1.807) is 6.07 Å². The fraction of sp³-hybridized carbons (Fsp3) is 0.600. The molecule has 0 amide bonds. The summed E-state index contributed by atoms with van der Waals surface area (Å²) >= 11 is 0. The molecule has 3 unspecified atom stereocenters. The Kier molecular flexibility index (Phi) is 4.23. The number of aromatic hydroxyl groups is 1. The van der Waals surface area contributed by atoms with Crippen molar-refractivity contribution in [1.29, 1.82) is 0 Å². The second-order valence-corrected chi connectivity index (χ2v) is 5.70. The van der Waals surface area contributed by atoms with Crippen molar-refractivity contribution in [1.82, 2.24) is 5.32 Å². The van der Waals surface area contributed by atoms with Gasteiger partial charge in [-0.3, -0.25) is 0 Å². The Hall–Kier alpha value is -1.09. The molecule has 100 valence electrons. The maximum Gasteiger partial charge on any atom is 0.127 e. The normalized spacial score (nSPS) is 28.3. The molecule has 1 aliphatic carbocycles.